The molecule has 0 saturated carbocycles. The van der Waals surface area contributed by atoms with E-state index in [4.69, 9.17) is 0 Å². The van der Waals surface area contributed by atoms with E-state index in [-0.39, 0.29) is 35.6 Å². The van der Waals surface area contributed by atoms with Crippen molar-refractivity contribution in [2.75, 3.05) is 26.7 Å². The predicted octanol–water partition coefficient (Wildman–Crippen LogP) is 2.21. The zero-order chi connectivity index (χ0) is 24.0. The van der Waals surface area contributed by atoms with Gasteiger partial charge >= 0.3 is 0 Å². The van der Waals surface area contributed by atoms with Crippen molar-refractivity contribution in [3.8, 4) is 0 Å². The van der Waals surface area contributed by atoms with E-state index in [1.165, 1.54) is 5.56 Å². The lowest BCUT2D eigenvalue weighted by Crippen LogP contribution is -2.58. The van der Waals surface area contributed by atoms with Crippen molar-refractivity contribution < 1.29 is 14.4 Å². The zero-order valence-corrected chi connectivity index (χ0v) is 20.5. The molecule has 1 aromatic rings. The SMILES string of the molecule is CC[C@H](NC)C(=O)NC(C(=O)N1CC[C@@H]2CCCN(CCc3ccccc3)C(=O)[C@@H]21)C(C)C. The van der Waals surface area contributed by atoms with Crippen LogP contribution in [0, 0.1) is 11.8 Å². The first-order chi connectivity index (χ1) is 15.9. The van der Waals surface area contributed by atoms with Crippen LogP contribution in [-0.2, 0) is 20.8 Å². The Bertz CT molecular complexity index is 809. The molecule has 0 aromatic heterocycles. The summed E-state index contributed by atoms with van der Waals surface area (Å²) in [7, 11) is 1.75. The van der Waals surface area contributed by atoms with Crippen LogP contribution in [0.4, 0.5) is 0 Å². The van der Waals surface area contributed by atoms with Crippen LogP contribution in [0.2, 0.25) is 0 Å². The van der Waals surface area contributed by atoms with Gasteiger partial charge in [0.15, 0.2) is 0 Å². The van der Waals surface area contributed by atoms with Crippen molar-refractivity contribution >= 4 is 17.7 Å². The molecule has 182 valence electrons. The number of hydrogen-bond donors (Lipinski definition) is 2. The van der Waals surface area contributed by atoms with Crippen molar-refractivity contribution in [1.29, 1.82) is 0 Å². The molecule has 2 heterocycles. The van der Waals surface area contributed by atoms with Gasteiger partial charge < -0.3 is 20.4 Å². The Labute approximate surface area is 198 Å². The van der Waals surface area contributed by atoms with Crippen molar-refractivity contribution in [3.63, 3.8) is 0 Å². The Morgan fingerprint density at radius 3 is 2.48 bits per heavy atom. The van der Waals surface area contributed by atoms with Crippen LogP contribution < -0.4 is 10.6 Å². The summed E-state index contributed by atoms with van der Waals surface area (Å²) >= 11 is 0. The molecule has 0 aliphatic carbocycles. The molecule has 3 amide bonds. The number of nitrogens with one attached hydrogen (secondary N) is 2. The van der Waals surface area contributed by atoms with Crippen LogP contribution in [0.5, 0.6) is 0 Å². The second-order valence-electron chi connectivity index (χ2n) is 9.71. The van der Waals surface area contributed by atoms with E-state index in [9.17, 15) is 14.4 Å². The molecule has 4 atom stereocenters. The average Bonchev–Trinajstić information content (AvgIpc) is 3.17. The molecule has 0 radical (unpaired) electrons. The minimum absolute atomic E-state index is 0.0646. The van der Waals surface area contributed by atoms with E-state index in [2.05, 4.69) is 22.8 Å². The average molecular weight is 457 g/mol. The highest BCUT2D eigenvalue weighted by Crippen LogP contribution is 2.33. The highest BCUT2D eigenvalue weighted by atomic mass is 16.2. The van der Waals surface area contributed by atoms with Crippen molar-refractivity contribution in [1.82, 2.24) is 20.4 Å². The number of carbonyl (C=O) groups is 3. The second kappa shape index (κ2) is 11.6. The summed E-state index contributed by atoms with van der Waals surface area (Å²) in [5, 5.41) is 5.96. The van der Waals surface area contributed by atoms with E-state index >= 15 is 0 Å². The van der Waals surface area contributed by atoms with Gasteiger partial charge in [-0.25, -0.2) is 0 Å². The second-order valence-corrected chi connectivity index (χ2v) is 9.71. The van der Waals surface area contributed by atoms with Crippen LogP contribution in [0.25, 0.3) is 0 Å². The molecule has 33 heavy (non-hydrogen) atoms. The third-order valence-corrected chi connectivity index (χ3v) is 7.19. The Kier molecular flexibility index (Phi) is 8.89. The van der Waals surface area contributed by atoms with Gasteiger partial charge in [-0.15, -0.1) is 0 Å². The molecular weight excluding hydrogens is 416 g/mol. The van der Waals surface area contributed by atoms with Crippen molar-refractivity contribution in [2.24, 2.45) is 11.8 Å². The Balaban J connectivity index is 1.73. The minimum atomic E-state index is -0.632. The highest BCUT2D eigenvalue weighted by molar-refractivity contribution is 5.94. The number of rotatable bonds is 9. The number of fused-ring (bicyclic) bond motifs is 1. The molecule has 7 heteroatoms. The van der Waals surface area contributed by atoms with Gasteiger partial charge in [-0.2, -0.15) is 0 Å². The maximum Gasteiger partial charge on any atom is 0.246 e. The highest BCUT2D eigenvalue weighted by Gasteiger charge is 2.46. The first-order valence-corrected chi connectivity index (χ1v) is 12.5. The summed E-state index contributed by atoms with van der Waals surface area (Å²) in [6.45, 7) is 7.81. The summed E-state index contributed by atoms with van der Waals surface area (Å²) < 4.78 is 0. The molecule has 7 nitrogen and oxygen atoms in total. The van der Waals surface area contributed by atoms with Crippen LogP contribution in [0.3, 0.4) is 0 Å². The lowest BCUT2D eigenvalue weighted by atomic mass is 9.95. The fourth-order valence-corrected chi connectivity index (χ4v) is 5.18. The number of hydrogen-bond acceptors (Lipinski definition) is 4. The van der Waals surface area contributed by atoms with Gasteiger partial charge in [0.2, 0.25) is 17.7 Å². The number of likely N-dealkylation sites (tertiary alicyclic amines) is 2. The standard InChI is InChI=1S/C26H40N4O3/c1-5-21(27-4)24(31)28-22(18(2)3)25(32)30-17-14-20-12-9-15-29(26(33)23(20)30)16-13-19-10-7-6-8-11-19/h6-8,10-11,18,20-23,27H,5,9,12-17H2,1-4H3,(H,28,31)/t20-,21-,22?,23+/m0/s1. The lowest BCUT2D eigenvalue weighted by molar-refractivity contribution is -0.146. The minimum Gasteiger partial charge on any atom is -0.343 e. The number of benzene rings is 1. The molecule has 3 rings (SSSR count). The van der Waals surface area contributed by atoms with Gasteiger partial charge in [0.1, 0.15) is 12.1 Å². The number of carbonyl (C=O) groups excluding carboxylic acids is 3. The van der Waals surface area contributed by atoms with Gasteiger partial charge in [-0.3, -0.25) is 14.4 Å². The summed E-state index contributed by atoms with van der Waals surface area (Å²) in [5.41, 5.74) is 1.21. The smallest absolute Gasteiger partial charge is 0.246 e. The van der Waals surface area contributed by atoms with Gasteiger partial charge in [-0.1, -0.05) is 51.1 Å². The van der Waals surface area contributed by atoms with E-state index in [1.54, 1.807) is 11.9 Å². The van der Waals surface area contributed by atoms with Crippen LogP contribution >= 0.6 is 0 Å². The molecule has 0 spiro atoms. The van der Waals surface area contributed by atoms with Gasteiger partial charge in [0.05, 0.1) is 6.04 Å². The molecule has 1 unspecified atom stereocenters. The summed E-state index contributed by atoms with van der Waals surface area (Å²) in [6.07, 6.45) is 4.23. The summed E-state index contributed by atoms with van der Waals surface area (Å²) in [5.74, 6) is -0.0957. The van der Waals surface area contributed by atoms with E-state index in [0.29, 0.717) is 19.5 Å². The molecule has 2 aliphatic rings. The normalized spacial score (nSPS) is 22.6. The number of likely N-dealkylation sites (N-methyl/N-ethyl adjacent to an activating group) is 1. The lowest BCUT2D eigenvalue weighted by Gasteiger charge is -2.34. The molecule has 2 N–H and O–H groups in total. The van der Waals surface area contributed by atoms with Gasteiger partial charge in [0, 0.05) is 19.6 Å². The Hall–Kier alpha value is -2.41. The van der Waals surface area contributed by atoms with Gasteiger partial charge in [0.25, 0.3) is 0 Å². The van der Waals surface area contributed by atoms with Gasteiger partial charge in [-0.05, 0) is 56.6 Å². The third-order valence-electron chi connectivity index (χ3n) is 7.19. The maximum absolute atomic E-state index is 13.6. The van der Waals surface area contributed by atoms with Crippen molar-refractivity contribution in [2.45, 2.75) is 71.0 Å². The molecule has 2 saturated heterocycles. The predicted molar refractivity (Wildman–Crippen MR) is 129 cm³/mol. The van der Waals surface area contributed by atoms with E-state index < -0.39 is 12.1 Å². The van der Waals surface area contributed by atoms with Crippen LogP contribution in [0.1, 0.15) is 52.0 Å². The van der Waals surface area contributed by atoms with Crippen LogP contribution in [0.15, 0.2) is 30.3 Å². The largest absolute Gasteiger partial charge is 0.343 e. The molecule has 0 bridgehead atoms. The maximum atomic E-state index is 13.6. The monoisotopic (exact) mass is 456 g/mol. The first kappa shape index (κ1) is 25.2. The summed E-state index contributed by atoms with van der Waals surface area (Å²) in [6, 6.07) is 8.82. The third kappa shape index (κ3) is 5.94. The zero-order valence-electron chi connectivity index (χ0n) is 20.5. The first-order valence-electron chi connectivity index (χ1n) is 12.5. The van der Waals surface area contributed by atoms with Crippen LogP contribution in [-0.4, -0.2) is 72.3 Å². The summed E-state index contributed by atoms with van der Waals surface area (Å²) in [4.78, 5) is 43.7. The quantitative estimate of drug-likeness (QED) is 0.597. The van der Waals surface area contributed by atoms with E-state index in [1.807, 2.05) is 43.9 Å². The fourth-order valence-electron chi connectivity index (χ4n) is 5.18. The number of amides is 3. The van der Waals surface area contributed by atoms with Crippen molar-refractivity contribution in [3.05, 3.63) is 35.9 Å². The number of nitrogens with zero attached hydrogens (tertiary/aromatic N) is 2. The Morgan fingerprint density at radius 1 is 1.12 bits per heavy atom. The molecule has 1 aromatic carbocycles. The molecule has 2 aliphatic heterocycles. The topological polar surface area (TPSA) is 81.8 Å². The molecule has 2 fully saturated rings. The molecular formula is C26H40N4O3. The fraction of sp³-hybridized carbons (Fsp3) is 0.654. The van der Waals surface area contributed by atoms with E-state index in [0.717, 1.165) is 32.2 Å². The Morgan fingerprint density at radius 2 is 1.85 bits per heavy atom.